The maximum absolute atomic E-state index is 10.1. The Morgan fingerprint density at radius 3 is 2.72 bits per heavy atom. The van der Waals surface area contributed by atoms with Crippen LogP contribution < -0.4 is 4.90 Å². The van der Waals surface area contributed by atoms with Gasteiger partial charge in [0.15, 0.2) is 0 Å². The van der Waals surface area contributed by atoms with Crippen LogP contribution in [0.3, 0.4) is 0 Å². The number of hydrogen-bond acceptors (Lipinski definition) is 3. The van der Waals surface area contributed by atoms with Crippen LogP contribution in [0.5, 0.6) is 0 Å². The first-order valence-electron chi connectivity index (χ1n) is 6.24. The summed E-state index contributed by atoms with van der Waals surface area (Å²) in [6.45, 7) is 0. The molecule has 1 aliphatic rings. The smallest absolute Gasteiger partial charge is 0.0992 e. The van der Waals surface area contributed by atoms with Crippen LogP contribution in [0.2, 0.25) is 5.02 Å². The van der Waals surface area contributed by atoms with Crippen molar-refractivity contribution >= 4 is 17.3 Å². The summed E-state index contributed by atoms with van der Waals surface area (Å²) in [7, 11) is 1.95. The van der Waals surface area contributed by atoms with Gasteiger partial charge in [0.05, 0.1) is 34.5 Å². The molecule has 0 radical (unpaired) electrons. The Morgan fingerprint density at radius 2 is 2.11 bits per heavy atom. The third-order valence-electron chi connectivity index (χ3n) is 3.65. The van der Waals surface area contributed by atoms with E-state index in [1.54, 1.807) is 12.1 Å². The molecule has 0 saturated heterocycles. The molecule has 1 aliphatic carbocycles. The van der Waals surface area contributed by atoms with Crippen LogP contribution in [0, 0.1) is 11.3 Å². The van der Waals surface area contributed by atoms with Crippen LogP contribution in [-0.2, 0) is 0 Å². The van der Waals surface area contributed by atoms with Gasteiger partial charge in [-0.15, -0.1) is 0 Å². The fourth-order valence-electron chi connectivity index (χ4n) is 2.58. The highest BCUT2D eigenvalue weighted by Crippen LogP contribution is 2.31. The normalized spacial score (nSPS) is 23.4. The third-order valence-corrected chi connectivity index (χ3v) is 3.95. The summed E-state index contributed by atoms with van der Waals surface area (Å²) < 4.78 is 0. The lowest BCUT2D eigenvalue weighted by Gasteiger charge is -2.37. The Bertz CT molecular complexity index is 469. The van der Waals surface area contributed by atoms with Gasteiger partial charge in [-0.2, -0.15) is 5.26 Å². The van der Waals surface area contributed by atoms with Gasteiger partial charge in [-0.1, -0.05) is 24.4 Å². The van der Waals surface area contributed by atoms with E-state index < -0.39 is 0 Å². The SMILES string of the molecule is CN(c1ccc(C#N)cc1Cl)C1CCCCC1O. The van der Waals surface area contributed by atoms with Crippen molar-refractivity contribution in [1.82, 2.24) is 0 Å². The molecule has 96 valence electrons. The minimum Gasteiger partial charge on any atom is -0.391 e. The first kappa shape index (κ1) is 13.2. The molecule has 2 unspecified atom stereocenters. The van der Waals surface area contributed by atoms with Crippen LogP contribution in [0.15, 0.2) is 18.2 Å². The van der Waals surface area contributed by atoms with Gasteiger partial charge in [0.2, 0.25) is 0 Å². The van der Waals surface area contributed by atoms with E-state index in [-0.39, 0.29) is 12.1 Å². The van der Waals surface area contributed by atoms with Crippen molar-refractivity contribution in [2.45, 2.75) is 37.8 Å². The molecular formula is C14H17ClN2O. The molecule has 1 aromatic rings. The van der Waals surface area contributed by atoms with Gasteiger partial charge in [0, 0.05) is 7.05 Å². The molecule has 3 nitrogen and oxygen atoms in total. The summed E-state index contributed by atoms with van der Waals surface area (Å²) in [4.78, 5) is 2.04. The lowest BCUT2D eigenvalue weighted by Crippen LogP contribution is -2.43. The Morgan fingerprint density at radius 1 is 1.39 bits per heavy atom. The standard InChI is InChI=1S/C14H17ClN2O/c1-17(13-4-2-3-5-14(13)18)12-7-6-10(9-16)8-11(12)15/h6-8,13-14,18H,2-5H2,1H3. The average Bonchev–Trinajstić information content (AvgIpc) is 2.38. The fraction of sp³-hybridized carbons (Fsp3) is 0.500. The molecule has 1 aromatic carbocycles. The van der Waals surface area contributed by atoms with Crippen molar-refractivity contribution < 1.29 is 5.11 Å². The molecule has 2 atom stereocenters. The van der Waals surface area contributed by atoms with Crippen molar-refractivity contribution in [2.24, 2.45) is 0 Å². The van der Waals surface area contributed by atoms with Crippen molar-refractivity contribution in [3.05, 3.63) is 28.8 Å². The van der Waals surface area contributed by atoms with Crippen molar-refractivity contribution in [2.75, 3.05) is 11.9 Å². The zero-order valence-corrected chi connectivity index (χ0v) is 11.2. The summed E-state index contributed by atoms with van der Waals surface area (Å²) in [5.41, 5.74) is 1.43. The van der Waals surface area contributed by atoms with E-state index in [9.17, 15) is 5.11 Å². The molecular weight excluding hydrogens is 248 g/mol. The van der Waals surface area contributed by atoms with Gasteiger partial charge < -0.3 is 10.0 Å². The molecule has 4 heteroatoms. The molecule has 1 fully saturated rings. The van der Waals surface area contributed by atoms with Gasteiger partial charge >= 0.3 is 0 Å². The van der Waals surface area contributed by atoms with Crippen molar-refractivity contribution in [3.8, 4) is 6.07 Å². The molecule has 0 aliphatic heterocycles. The third kappa shape index (κ3) is 2.60. The molecule has 0 spiro atoms. The zero-order valence-electron chi connectivity index (χ0n) is 10.4. The van der Waals surface area contributed by atoms with Crippen LogP contribution in [-0.4, -0.2) is 24.3 Å². The molecule has 0 amide bonds. The molecule has 0 bridgehead atoms. The number of anilines is 1. The van der Waals surface area contributed by atoms with Crippen LogP contribution in [0.25, 0.3) is 0 Å². The molecule has 2 rings (SSSR count). The first-order valence-corrected chi connectivity index (χ1v) is 6.62. The number of aliphatic hydroxyl groups excluding tert-OH is 1. The maximum Gasteiger partial charge on any atom is 0.0992 e. The quantitative estimate of drug-likeness (QED) is 0.893. The van der Waals surface area contributed by atoms with Gasteiger partial charge in [0.25, 0.3) is 0 Å². The zero-order chi connectivity index (χ0) is 13.1. The number of nitrogens with zero attached hydrogens (tertiary/aromatic N) is 2. The molecule has 0 heterocycles. The summed E-state index contributed by atoms with van der Waals surface area (Å²) >= 11 is 6.20. The number of rotatable bonds is 2. The Balaban J connectivity index is 2.22. The van der Waals surface area contributed by atoms with Crippen molar-refractivity contribution in [1.29, 1.82) is 5.26 Å². The Kier molecular flexibility index (Phi) is 4.11. The second-order valence-electron chi connectivity index (χ2n) is 4.81. The molecule has 18 heavy (non-hydrogen) atoms. The van der Waals surface area contributed by atoms with E-state index in [0.717, 1.165) is 31.4 Å². The maximum atomic E-state index is 10.1. The van der Waals surface area contributed by atoms with E-state index >= 15 is 0 Å². The molecule has 0 aromatic heterocycles. The molecule has 1 N–H and O–H groups in total. The van der Waals surface area contributed by atoms with E-state index in [1.807, 2.05) is 18.0 Å². The van der Waals surface area contributed by atoms with Gasteiger partial charge in [-0.05, 0) is 31.0 Å². The summed E-state index contributed by atoms with van der Waals surface area (Å²) in [5.74, 6) is 0. The van der Waals surface area contributed by atoms with Crippen LogP contribution in [0.4, 0.5) is 5.69 Å². The molecule has 1 saturated carbocycles. The second kappa shape index (κ2) is 5.60. The van der Waals surface area contributed by atoms with Gasteiger partial charge in [-0.3, -0.25) is 0 Å². The average molecular weight is 265 g/mol. The van der Waals surface area contributed by atoms with Crippen LogP contribution in [0.1, 0.15) is 31.2 Å². The lowest BCUT2D eigenvalue weighted by molar-refractivity contribution is 0.106. The van der Waals surface area contributed by atoms with E-state index in [2.05, 4.69) is 6.07 Å². The fourth-order valence-corrected chi connectivity index (χ4v) is 2.90. The van der Waals surface area contributed by atoms with E-state index in [1.165, 1.54) is 0 Å². The number of halogens is 1. The van der Waals surface area contributed by atoms with Crippen molar-refractivity contribution in [3.63, 3.8) is 0 Å². The first-order chi connectivity index (χ1) is 8.63. The van der Waals surface area contributed by atoms with E-state index in [4.69, 9.17) is 16.9 Å². The number of likely N-dealkylation sites (N-methyl/N-ethyl adjacent to an activating group) is 1. The van der Waals surface area contributed by atoms with E-state index in [0.29, 0.717) is 10.6 Å². The highest BCUT2D eigenvalue weighted by Gasteiger charge is 2.27. The largest absolute Gasteiger partial charge is 0.391 e. The highest BCUT2D eigenvalue weighted by molar-refractivity contribution is 6.33. The summed E-state index contributed by atoms with van der Waals surface area (Å²) in [6, 6.07) is 7.46. The minimum atomic E-state index is -0.296. The number of hydrogen-bond donors (Lipinski definition) is 1. The van der Waals surface area contributed by atoms with Crippen LogP contribution >= 0.6 is 11.6 Å². The summed E-state index contributed by atoms with van der Waals surface area (Å²) in [6.07, 6.45) is 3.76. The summed E-state index contributed by atoms with van der Waals surface area (Å²) in [5, 5.41) is 19.4. The minimum absolute atomic E-state index is 0.115. The predicted octanol–water partition coefficient (Wildman–Crippen LogP) is 2.95. The predicted molar refractivity (Wildman–Crippen MR) is 72.8 cm³/mol. The number of aliphatic hydroxyl groups is 1. The lowest BCUT2D eigenvalue weighted by atomic mass is 9.91. The number of benzene rings is 1. The highest BCUT2D eigenvalue weighted by atomic mass is 35.5. The van der Waals surface area contributed by atoms with Gasteiger partial charge in [0.1, 0.15) is 0 Å². The second-order valence-corrected chi connectivity index (χ2v) is 5.22. The Labute approximate surface area is 113 Å². The monoisotopic (exact) mass is 264 g/mol. The number of nitriles is 1. The topological polar surface area (TPSA) is 47.3 Å². The van der Waals surface area contributed by atoms with Gasteiger partial charge in [-0.25, -0.2) is 0 Å². The Hall–Kier alpha value is -1.24.